The SMILES string of the molecule is CCOc1ccc(C(=O)CN2CCC(N)C2)cc1. The first-order valence-corrected chi connectivity index (χ1v) is 6.43. The van der Waals surface area contributed by atoms with Crippen molar-refractivity contribution in [3.8, 4) is 5.75 Å². The molecule has 0 aromatic heterocycles. The minimum Gasteiger partial charge on any atom is -0.494 e. The second-order valence-electron chi connectivity index (χ2n) is 4.66. The fourth-order valence-electron chi connectivity index (χ4n) is 2.20. The highest BCUT2D eigenvalue weighted by Crippen LogP contribution is 2.14. The van der Waals surface area contributed by atoms with Gasteiger partial charge in [-0.05, 0) is 37.6 Å². The van der Waals surface area contributed by atoms with Crippen molar-refractivity contribution in [1.82, 2.24) is 4.90 Å². The summed E-state index contributed by atoms with van der Waals surface area (Å²) in [5, 5.41) is 0. The molecule has 1 atom stereocenters. The number of nitrogens with two attached hydrogens (primary N) is 1. The van der Waals surface area contributed by atoms with Gasteiger partial charge in [0.25, 0.3) is 0 Å². The first-order valence-electron chi connectivity index (χ1n) is 6.43. The molecule has 1 aliphatic rings. The van der Waals surface area contributed by atoms with Crippen molar-refractivity contribution < 1.29 is 9.53 Å². The highest BCUT2D eigenvalue weighted by molar-refractivity contribution is 5.97. The molecule has 1 aromatic rings. The fraction of sp³-hybridized carbons (Fsp3) is 0.500. The maximum absolute atomic E-state index is 12.1. The van der Waals surface area contributed by atoms with Gasteiger partial charge in [-0.1, -0.05) is 0 Å². The highest BCUT2D eigenvalue weighted by atomic mass is 16.5. The van der Waals surface area contributed by atoms with Crippen LogP contribution in [0.1, 0.15) is 23.7 Å². The lowest BCUT2D eigenvalue weighted by Gasteiger charge is -2.14. The van der Waals surface area contributed by atoms with Crippen molar-refractivity contribution in [1.29, 1.82) is 0 Å². The molecule has 1 saturated heterocycles. The van der Waals surface area contributed by atoms with E-state index in [1.165, 1.54) is 0 Å². The molecule has 0 saturated carbocycles. The quantitative estimate of drug-likeness (QED) is 0.798. The summed E-state index contributed by atoms with van der Waals surface area (Å²) in [6, 6.07) is 7.55. The van der Waals surface area contributed by atoms with E-state index in [-0.39, 0.29) is 11.8 Å². The van der Waals surface area contributed by atoms with Crippen LogP contribution in [0.15, 0.2) is 24.3 Å². The van der Waals surface area contributed by atoms with E-state index in [9.17, 15) is 4.79 Å². The van der Waals surface area contributed by atoms with Gasteiger partial charge in [-0.25, -0.2) is 0 Å². The zero-order valence-electron chi connectivity index (χ0n) is 10.8. The van der Waals surface area contributed by atoms with Crippen LogP contribution in [0.25, 0.3) is 0 Å². The van der Waals surface area contributed by atoms with Gasteiger partial charge in [0.1, 0.15) is 5.75 Å². The van der Waals surface area contributed by atoms with Crippen LogP contribution >= 0.6 is 0 Å². The number of carbonyl (C=O) groups is 1. The number of hydrogen-bond acceptors (Lipinski definition) is 4. The monoisotopic (exact) mass is 248 g/mol. The minimum atomic E-state index is 0.146. The van der Waals surface area contributed by atoms with E-state index in [1.54, 1.807) is 0 Å². The Morgan fingerprint density at radius 3 is 2.72 bits per heavy atom. The number of Topliss-reactive ketones (excluding diaryl/α,β-unsaturated/α-hetero) is 1. The first-order chi connectivity index (χ1) is 8.69. The Kier molecular flexibility index (Phi) is 4.33. The number of benzene rings is 1. The van der Waals surface area contributed by atoms with Crippen LogP contribution in [0.5, 0.6) is 5.75 Å². The Morgan fingerprint density at radius 2 is 2.17 bits per heavy atom. The molecule has 0 aliphatic carbocycles. The number of hydrogen-bond donors (Lipinski definition) is 1. The summed E-state index contributed by atoms with van der Waals surface area (Å²) in [6.45, 7) is 4.78. The third kappa shape index (κ3) is 3.31. The molecule has 1 heterocycles. The summed E-state index contributed by atoms with van der Waals surface area (Å²) in [5.74, 6) is 0.949. The molecule has 0 spiro atoms. The van der Waals surface area contributed by atoms with Gasteiger partial charge in [-0.2, -0.15) is 0 Å². The van der Waals surface area contributed by atoms with Gasteiger partial charge in [0.15, 0.2) is 5.78 Å². The zero-order valence-corrected chi connectivity index (χ0v) is 10.8. The second-order valence-corrected chi connectivity index (χ2v) is 4.66. The van der Waals surface area contributed by atoms with Gasteiger partial charge in [0.05, 0.1) is 13.2 Å². The molecule has 4 heteroatoms. The van der Waals surface area contributed by atoms with Crippen molar-refractivity contribution in [2.75, 3.05) is 26.2 Å². The van der Waals surface area contributed by atoms with Crippen molar-refractivity contribution in [2.24, 2.45) is 5.73 Å². The predicted molar refractivity (Wildman–Crippen MR) is 71.0 cm³/mol. The lowest BCUT2D eigenvalue weighted by atomic mass is 10.1. The third-order valence-corrected chi connectivity index (χ3v) is 3.16. The second kappa shape index (κ2) is 5.98. The van der Waals surface area contributed by atoms with Gasteiger partial charge in [0, 0.05) is 24.7 Å². The topological polar surface area (TPSA) is 55.6 Å². The molecule has 2 N–H and O–H groups in total. The molecule has 1 aliphatic heterocycles. The van der Waals surface area contributed by atoms with Gasteiger partial charge >= 0.3 is 0 Å². The molecule has 0 amide bonds. The van der Waals surface area contributed by atoms with E-state index in [4.69, 9.17) is 10.5 Å². The Labute approximate surface area is 108 Å². The van der Waals surface area contributed by atoms with Gasteiger partial charge in [-0.3, -0.25) is 9.69 Å². The summed E-state index contributed by atoms with van der Waals surface area (Å²) in [5.41, 5.74) is 6.56. The number of ketones is 1. The summed E-state index contributed by atoms with van der Waals surface area (Å²) in [6.07, 6.45) is 0.983. The maximum atomic E-state index is 12.1. The average molecular weight is 248 g/mol. The largest absolute Gasteiger partial charge is 0.494 e. The van der Waals surface area contributed by atoms with E-state index >= 15 is 0 Å². The number of likely N-dealkylation sites (tertiary alicyclic amines) is 1. The maximum Gasteiger partial charge on any atom is 0.176 e. The molecule has 4 nitrogen and oxygen atoms in total. The van der Waals surface area contributed by atoms with E-state index in [0.717, 1.165) is 30.8 Å². The molecule has 98 valence electrons. The molecular formula is C14H20N2O2. The molecule has 1 unspecified atom stereocenters. The molecular weight excluding hydrogens is 228 g/mol. The fourth-order valence-corrected chi connectivity index (χ4v) is 2.20. The Balaban J connectivity index is 1.92. The summed E-state index contributed by atoms with van der Waals surface area (Å²) >= 11 is 0. The van der Waals surface area contributed by atoms with Crippen LogP contribution in [0.4, 0.5) is 0 Å². The van der Waals surface area contributed by atoms with Crippen molar-refractivity contribution >= 4 is 5.78 Å². The van der Waals surface area contributed by atoms with Crippen LogP contribution in [-0.4, -0.2) is 43.0 Å². The Morgan fingerprint density at radius 1 is 1.44 bits per heavy atom. The van der Waals surface area contributed by atoms with Gasteiger partial charge < -0.3 is 10.5 Å². The molecule has 1 fully saturated rings. The van der Waals surface area contributed by atoms with Gasteiger partial charge in [-0.15, -0.1) is 0 Å². The minimum absolute atomic E-state index is 0.146. The van der Waals surface area contributed by atoms with Crippen LogP contribution in [0, 0.1) is 0 Å². The van der Waals surface area contributed by atoms with Crippen LogP contribution in [0.3, 0.4) is 0 Å². The average Bonchev–Trinajstić information content (AvgIpc) is 2.76. The van der Waals surface area contributed by atoms with Crippen LogP contribution in [0.2, 0.25) is 0 Å². The number of carbonyl (C=O) groups excluding carboxylic acids is 1. The summed E-state index contributed by atoms with van der Waals surface area (Å²) < 4.78 is 5.35. The van der Waals surface area contributed by atoms with Crippen molar-refractivity contribution in [2.45, 2.75) is 19.4 Å². The lowest BCUT2D eigenvalue weighted by Crippen LogP contribution is -2.31. The van der Waals surface area contributed by atoms with Crippen LogP contribution < -0.4 is 10.5 Å². The standard InChI is InChI=1S/C14H20N2O2/c1-2-18-13-5-3-11(4-6-13)14(17)10-16-8-7-12(15)9-16/h3-6,12H,2,7-10,15H2,1H3. The number of nitrogens with zero attached hydrogens (tertiary/aromatic N) is 1. The number of rotatable bonds is 5. The lowest BCUT2D eigenvalue weighted by molar-refractivity contribution is 0.0945. The molecule has 2 rings (SSSR count). The van der Waals surface area contributed by atoms with E-state index in [0.29, 0.717) is 13.2 Å². The number of ether oxygens (including phenoxy) is 1. The zero-order chi connectivity index (χ0) is 13.0. The first kappa shape index (κ1) is 13.1. The van der Waals surface area contributed by atoms with E-state index < -0.39 is 0 Å². The highest BCUT2D eigenvalue weighted by Gasteiger charge is 2.21. The predicted octanol–water partition coefficient (Wildman–Crippen LogP) is 1.30. The molecule has 0 bridgehead atoms. The Hall–Kier alpha value is -1.39. The smallest absolute Gasteiger partial charge is 0.176 e. The molecule has 0 radical (unpaired) electrons. The Bertz CT molecular complexity index is 403. The van der Waals surface area contributed by atoms with E-state index in [1.807, 2.05) is 31.2 Å². The summed E-state index contributed by atoms with van der Waals surface area (Å²) in [7, 11) is 0. The van der Waals surface area contributed by atoms with Crippen molar-refractivity contribution in [3.05, 3.63) is 29.8 Å². The normalized spacial score (nSPS) is 20.0. The third-order valence-electron chi connectivity index (χ3n) is 3.16. The van der Waals surface area contributed by atoms with Gasteiger partial charge in [0.2, 0.25) is 0 Å². The molecule has 18 heavy (non-hydrogen) atoms. The molecule has 1 aromatic carbocycles. The summed E-state index contributed by atoms with van der Waals surface area (Å²) in [4.78, 5) is 14.2. The van der Waals surface area contributed by atoms with Crippen molar-refractivity contribution in [3.63, 3.8) is 0 Å². The van der Waals surface area contributed by atoms with Crippen LogP contribution in [-0.2, 0) is 0 Å². The van der Waals surface area contributed by atoms with E-state index in [2.05, 4.69) is 4.90 Å².